The molecule has 0 bridgehead atoms. The van der Waals surface area contributed by atoms with Crippen LogP contribution in [-0.2, 0) is 4.79 Å². The lowest BCUT2D eigenvalue weighted by Gasteiger charge is -2.05. The van der Waals surface area contributed by atoms with Crippen LogP contribution in [0.4, 0.5) is 0 Å². The Kier molecular flexibility index (Phi) is 3.61. The van der Waals surface area contributed by atoms with E-state index < -0.39 is 11.7 Å². The monoisotopic (exact) mass is 205 g/mol. The number of nitrogens with one attached hydrogen (secondary N) is 1. The van der Waals surface area contributed by atoms with E-state index in [0.29, 0.717) is 12.1 Å². The van der Waals surface area contributed by atoms with Crippen molar-refractivity contribution in [2.75, 3.05) is 6.54 Å². The third-order valence-electron chi connectivity index (χ3n) is 2.18. The number of carbonyl (C=O) groups excluding carboxylic acids is 2. The van der Waals surface area contributed by atoms with Crippen LogP contribution in [0.5, 0.6) is 0 Å². The number of likely N-dealkylation sites (N-methyl/N-ethyl adjacent to an activating group) is 1. The molecule has 0 saturated heterocycles. The summed E-state index contributed by atoms with van der Waals surface area (Å²) < 4.78 is 0. The second kappa shape index (κ2) is 4.73. The van der Waals surface area contributed by atoms with Gasteiger partial charge in [-0.25, -0.2) is 0 Å². The fraction of sp³-hybridized carbons (Fsp3) is 0.333. The summed E-state index contributed by atoms with van der Waals surface area (Å²) in [7, 11) is 0. The molecule has 0 fully saturated rings. The van der Waals surface area contributed by atoms with E-state index >= 15 is 0 Å². The second-order valence-corrected chi connectivity index (χ2v) is 3.51. The molecule has 1 N–H and O–H groups in total. The number of aryl methyl sites for hydroxylation is 2. The number of hydrogen-bond acceptors (Lipinski definition) is 2. The third-order valence-corrected chi connectivity index (χ3v) is 2.18. The number of benzene rings is 1. The predicted molar refractivity (Wildman–Crippen MR) is 58.9 cm³/mol. The van der Waals surface area contributed by atoms with Crippen molar-refractivity contribution in [2.45, 2.75) is 20.8 Å². The van der Waals surface area contributed by atoms with Crippen molar-refractivity contribution in [3.63, 3.8) is 0 Å². The molecule has 0 aliphatic rings. The van der Waals surface area contributed by atoms with Gasteiger partial charge in [0.15, 0.2) is 0 Å². The van der Waals surface area contributed by atoms with Crippen LogP contribution < -0.4 is 5.32 Å². The molecule has 0 aliphatic carbocycles. The zero-order valence-corrected chi connectivity index (χ0v) is 9.26. The summed E-state index contributed by atoms with van der Waals surface area (Å²) in [6.07, 6.45) is 0. The highest BCUT2D eigenvalue weighted by Crippen LogP contribution is 2.11. The van der Waals surface area contributed by atoms with Crippen LogP contribution in [0, 0.1) is 13.8 Å². The molecule has 1 aromatic carbocycles. The molecule has 0 saturated carbocycles. The minimum absolute atomic E-state index is 0.460. The summed E-state index contributed by atoms with van der Waals surface area (Å²) in [5, 5.41) is 2.50. The Bertz CT molecular complexity index is 397. The highest BCUT2D eigenvalue weighted by Gasteiger charge is 2.16. The molecular formula is C12H15NO2. The van der Waals surface area contributed by atoms with E-state index in [-0.39, 0.29) is 0 Å². The van der Waals surface area contributed by atoms with Crippen LogP contribution in [0.2, 0.25) is 0 Å². The molecule has 3 heteroatoms. The van der Waals surface area contributed by atoms with Crippen LogP contribution >= 0.6 is 0 Å². The molecule has 0 radical (unpaired) electrons. The minimum Gasteiger partial charge on any atom is -0.349 e. The van der Waals surface area contributed by atoms with E-state index in [4.69, 9.17) is 0 Å². The number of amides is 1. The van der Waals surface area contributed by atoms with E-state index in [9.17, 15) is 9.59 Å². The fourth-order valence-corrected chi connectivity index (χ4v) is 1.34. The summed E-state index contributed by atoms with van der Waals surface area (Å²) >= 11 is 0. The van der Waals surface area contributed by atoms with E-state index in [1.807, 2.05) is 26.0 Å². The van der Waals surface area contributed by atoms with E-state index in [1.165, 1.54) is 0 Å². The van der Waals surface area contributed by atoms with Crippen LogP contribution in [0.1, 0.15) is 28.4 Å². The number of rotatable bonds is 3. The van der Waals surface area contributed by atoms with Crippen LogP contribution in [0.25, 0.3) is 0 Å². The van der Waals surface area contributed by atoms with Crippen molar-refractivity contribution < 1.29 is 9.59 Å². The average molecular weight is 205 g/mol. The SMILES string of the molecule is CCNC(=O)C(=O)c1cc(C)ccc1C. The maximum Gasteiger partial charge on any atom is 0.292 e. The molecular weight excluding hydrogens is 190 g/mol. The van der Waals surface area contributed by atoms with E-state index in [2.05, 4.69) is 5.32 Å². The molecule has 0 spiro atoms. The first-order chi connectivity index (χ1) is 7.06. The van der Waals surface area contributed by atoms with Gasteiger partial charge in [-0.1, -0.05) is 17.7 Å². The first-order valence-electron chi connectivity index (χ1n) is 4.96. The van der Waals surface area contributed by atoms with Gasteiger partial charge in [0.25, 0.3) is 5.91 Å². The van der Waals surface area contributed by atoms with Gasteiger partial charge in [0, 0.05) is 12.1 Å². The maximum atomic E-state index is 11.7. The quantitative estimate of drug-likeness (QED) is 0.602. The summed E-state index contributed by atoms with van der Waals surface area (Å²) in [6, 6.07) is 5.51. The molecule has 0 heterocycles. The van der Waals surface area contributed by atoms with Crippen molar-refractivity contribution in [3.8, 4) is 0 Å². The summed E-state index contributed by atoms with van der Waals surface area (Å²) in [4.78, 5) is 23.0. The Morgan fingerprint density at radius 2 is 1.93 bits per heavy atom. The molecule has 15 heavy (non-hydrogen) atoms. The fourth-order valence-electron chi connectivity index (χ4n) is 1.34. The standard InChI is InChI=1S/C12H15NO2/c1-4-13-12(15)11(14)10-7-8(2)5-6-9(10)3/h5-7H,4H2,1-3H3,(H,13,15). The molecule has 80 valence electrons. The highest BCUT2D eigenvalue weighted by atomic mass is 16.2. The molecule has 1 aromatic rings. The number of Topliss-reactive ketones (excluding diaryl/α,β-unsaturated/α-hetero) is 1. The van der Waals surface area contributed by atoms with Crippen molar-refractivity contribution in [3.05, 3.63) is 34.9 Å². The molecule has 0 unspecified atom stereocenters. The number of hydrogen-bond donors (Lipinski definition) is 1. The normalized spacial score (nSPS) is 9.80. The first kappa shape index (κ1) is 11.4. The van der Waals surface area contributed by atoms with Gasteiger partial charge >= 0.3 is 0 Å². The summed E-state index contributed by atoms with van der Waals surface area (Å²) in [5.41, 5.74) is 2.30. The van der Waals surface area contributed by atoms with Crippen molar-refractivity contribution in [1.82, 2.24) is 5.32 Å². The Labute approximate surface area is 89.5 Å². The van der Waals surface area contributed by atoms with E-state index in [1.54, 1.807) is 13.0 Å². The molecule has 1 rings (SSSR count). The molecule has 0 aromatic heterocycles. The van der Waals surface area contributed by atoms with Gasteiger partial charge in [-0.05, 0) is 32.4 Å². The Balaban J connectivity index is 3.00. The number of carbonyl (C=O) groups is 2. The predicted octanol–water partition coefficient (Wildman–Crippen LogP) is 1.62. The van der Waals surface area contributed by atoms with Crippen LogP contribution in [0.3, 0.4) is 0 Å². The van der Waals surface area contributed by atoms with Gasteiger partial charge in [0.2, 0.25) is 5.78 Å². The topological polar surface area (TPSA) is 46.2 Å². The van der Waals surface area contributed by atoms with Gasteiger partial charge in [-0.2, -0.15) is 0 Å². The smallest absolute Gasteiger partial charge is 0.292 e. The summed E-state index contributed by atoms with van der Waals surface area (Å²) in [5.74, 6) is -0.996. The highest BCUT2D eigenvalue weighted by molar-refractivity contribution is 6.43. The molecule has 0 aliphatic heterocycles. The van der Waals surface area contributed by atoms with Gasteiger partial charge in [-0.15, -0.1) is 0 Å². The summed E-state index contributed by atoms with van der Waals surface area (Å²) in [6.45, 7) is 5.98. The Morgan fingerprint density at radius 1 is 1.27 bits per heavy atom. The molecule has 3 nitrogen and oxygen atoms in total. The lowest BCUT2D eigenvalue weighted by molar-refractivity contribution is -0.116. The third kappa shape index (κ3) is 2.65. The zero-order valence-electron chi connectivity index (χ0n) is 9.26. The van der Waals surface area contributed by atoms with Crippen molar-refractivity contribution >= 4 is 11.7 Å². The Morgan fingerprint density at radius 3 is 2.53 bits per heavy atom. The van der Waals surface area contributed by atoms with Gasteiger partial charge in [0.05, 0.1) is 0 Å². The first-order valence-corrected chi connectivity index (χ1v) is 4.96. The zero-order chi connectivity index (χ0) is 11.4. The Hall–Kier alpha value is -1.64. The largest absolute Gasteiger partial charge is 0.349 e. The van der Waals surface area contributed by atoms with Gasteiger partial charge in [0.1, 0.15) is 0 Å². The number of ketones is 1. The molecule has 1 amide bonds. The van der Waals surface area contributed by atoms with Crippen molar-refractivity contribution in [1.29, 1.82) is 0 Å². The van der Waals surface area contributed by atoms with Crippen LogP contribution in [-0.4, -0.2) is 18.2 Å². The van der Waals surface area contributed by atoms with Crippen molar-refractivity contribution in [2.24, 2.45) is 0 Å². The van der Waals surface area contributed by atoms with Crippen LogP contribution in [0.15, 0.2) is 18.2 Å². The second-order valence-electron chi connectivity index (χ2n) is 3.51. The van der Waals surface area contributed by atoms with E-state index in [0.717, 1.165) is 11.1 Å². The van der Waals surface area contributed by atoms with Gasteiger partial charge < -0.3 is 5.32 Å². The minimum atomic E-state index is -0.536. The maximum absolute atomic E-state index is 11.7. The van der Waals surface area contributed by atoms with Gasteiger partial charge in [-0.3, -0.25) is 9.59 Å². The lowest BCUT2D eigenvalue weighted by atomic mass is 10.0. The average Bonchev–Trinajstić information content (AvgIpc) is 2.21. The molecule has 0 atom stereocenters. The lowest BCUT2D eigenvalue weighted by Crippen LogP contribution is -2.31.